The van der Waals surface area contributed by atoms with E-state index in [1.807, 2.05) is 0 Å². The lowest BCUT2D eigenvalue weighted by atomic mass is 10.2. The minimum Gasteiger partial charge on any atom is -0.268 e. The quantitative estimate of drug-likeness (QED) is 0.671. The molecule has 3 rings (SSSR count). The number of fused-ring (bicyclic) bond motifs is 1. The summed E-state index contributed by atoms with van der Waals surface area (Å²) in [7, 11) is 0. The lowest BCUT2D eigenvalue weighted by molar-refractivity contribution is 0.889. The summed E-state index contributed by atoms with van der Waals surface area (Å²) in [5.41, 5.74) is 0.470. The molecule has 0 radical (unpaired) electrons. The number of nitrogens with zero attached hydrogens (tertiary/aromatic N) is 3. The summed E-state index contributed by atoms with van der Waals surface area (Å²) in [5, 5.41) is 1.35. The third-order valence-electron chi connectivity index (χ3n) is 3.02. The van der Waals surface area contributed by atoms with Crippen LogP contribution in [0.2, 0.25) is 15.1 Å². The van der Waals surface area contributed by atoms with Gasteiger partial charge < -0.3 is 0 Å². The molecular formula is C14H8Cl3N3O. The molecule has 0 atom stereocenters. The average molecular weight is 341 g/mol. The number of aryl methyl sites for hydroxylation is 1. The molecule has 0 spiro atoms. The highest BCUT2D eigenvalue weighted by Gasteiger charge is 2.16. The molecule has 0 fully saturated rings. The van der Waals surface area contributed by atoms with Crippen molar-refractivity contribution in [2.45, 2.75) is 6.92 Å². The van der Waals surface area contributed by atoms with Gasteiger partial charge in [-0.3, -0.25) is 9.36 Å². The molecule has 0 aliphatic carbocycles. The van der Waals surface area contributed by atoms with Crippen LogP contribution in [0.15, 0.2) is 35.3 Å². The Morgan fingerprint density at radius 3 is 2.48 bits per heavy atom. The monoisotopic (exact) mass is 339 g/mol. The fourth-order valence-corrected chi connectivity index (χ4v) is 3.12. The lowest BCUT2D eigenvalue weighted by Crippen LogP contribution is -2.23. The van der Waals surface area contributed by atoms with Crippen LogP contribution >= 0.6 is 34.8 Å². The minimum absolute atomic E-state index is 0.280. The van der Waals surface area contributed by atoms with Gasteiger partial charge in [-0.25, -0.2) is 9.97 Å². The number of rotatable bonds is 1. The summed E-state index contributed by atoms with van der Waals surface area (Å²) in [6, 6.07) is 6.40. The maximum atomic E-state index is 12.7. The van der Waals surface area contributed by atoms with Crippen molar-refractivity contribution in [2.75, 3.05) is 0 Å². The normalized spacial score (nSPS) is 11.0. The molecule has 0 saturated heterocycles. The minimum atomic E-state index is -0.281. The molecule has 0 saturated carbocycles. The summed E-state index contributed by atoms with van der Waals surface area (Å²) in [5.74, 6) is 0.442. The fourth-order valence-electron chi connectivity index (χ4n) is 2.14. The van der Waals surface area contributed by atoms with Crippen molar-refractivity contribution in [1.29, 1.82) is 0 Å². The van der Waals surface area contributed by atoms with E-state index in [-0.39, 0.29) is 15.6 Å². The fraction of sp³-hybridized carbons (Fsp3) is 0.0714. The van der Waals surface area contributed by atoms with Crippen LogP contribution in [0, 0.1) is 6.92 Å². The Kier molecular flexibility index (Phi) is 3.61. The first-order valence-electron chi connectivity index (χ1n) is 5.98. The van der Waals surface area contributed by atoms with E-state index < -0.39 is 0 Å². The van der Waals surface area contributed by atoms with Crippen LogP contribution in [-0.4, -0.2) is 14.5 Å². The van der Waals surface area contributed by atoms with Gasteiger partial charge in [-0.15, -0.1) is 0 Å². The topological polar surface area (TPSA) is 47.8 Å². The first-order valence-corrected chi connectivity index (χ1v) is 7.11. The molecular weight excluding hydrogens is 333 g/mol. The van der Waals surface area contributed by atoms with E-state index >= 15 is 0 Å². The molecule has 2 heterocycles. The first kappa shape index (κ1) is 14.3. The van der Waals surface area contributed by atoms with E-state index in [2.05, 4.69) is 9.97 Å². The van der Waals surface area contributed by atoms with E-state index in [9.17, 15) is 4.79 Å². The highest BCUT2D eigenvalue weighted by atomic mass is 35.5. The summed E-state index contributed by atoms with van der Waals surface area (Å²) < 4.78 is 1.37. The molecule has 0 amide bonds. The van der Waals surface area contributed by atoms with Gasteiger partial charge in [-0.05, 0) is 31.2 Å². The van der Waals surface area contributed by atoms with E-state index in [1.165, 1.54) is 16.7 Å². The number of halogens is 3. The van der Waals surface area contributed by atoms with Crippen LogP contribution in [0.4, 0.5) is 0 Å². The Bertz CT molecular complexity index is 898. The van der Waals surface area contributed by atoms with Crippen molar-refractivity contribution < 1.29 is 0 Å². The molecule has 106 valence electrons. The van der Waals surface area contributed by atoms with E-state index in [0.717, 1.165) is 0 Å². The van der Waals surface area contributed by atoms with E-state index in [0.29, 0.717) is 27.6 Å². The van der Waals surface area contributed by atoms with Crippen LogP contribution in [0.1, 0.15) is 5.82 Å². The lowest BCUT2D eigenvalue weighted by Gasteiger charge is -2.13. The van der Waals surface area contributed by atoms with Crippen molar-refractivity contribution >= 4 is 45.8 Å². The number of benzene rings is 1. The zero-order valence-corrected chi connectivity index (χ0v) is 13.0. The second kappa shape index (κ2) is 5.30. The van der Waals surface area contributed by atoms with Gasteiger partial charge in [0.15, 0.2) is 5.65 Å². The Morgan fingerprint density at radius 2 is 1.81 bits per heavy atom. The smallest absolute Gasteiger partial charge is 0.267 e. The average Bonchev–Trinajstić information content (AvgIpc) is 2.41. The van der Waals surface area contributed by atoms with Crippen LogP contribution in [0.25, 0.3) is 16.7 Å². The molecule has 7 heteroatoms. The SMILES string of the molecule is Cc1nc2ncccc2c(=O)n1-c1c(Cl)cc(Cl)cc1Cl. The summed E-state index contributed by atoms with van der Waals surface area (Å²) in [6.45, 7) is 1.69. The van der Waals surface area contributed by atoms with Gasteiger partial charge in [-0.1, -0.05) is 34.8 Å². The van der Waals surface area contributed by atoms with Gasteiger partial charge in [-0.2, -0.15) is 0 Å². The van der Waals surface area contributed by atoms with Gasteiger partial charge in [0.25, 0.3) is 5.56 Å². The van der Waals surface area contributed by atoms with Crippen molar-refractivity contribution in [3.05, 3.63) is 61.7 Å². The van der Waals surface area contributed by atoms with Crippen LogP contribution < -0.4 is 5.56 Å². The van der Waals surface area contributed by atoms with Crippen molar-refractivity contribution in [2.24, 2.45) is 0 Å². The molecule has 0 aliphatic heterocycles. The molecule has 0 N–H and O–H groups in total. The van der Waals surface area contributed by atoms with Crippen molar-refractivity contribution in [3.8, 4) is 5.69 Å². The van der Waals surface area contributed by atoms with Gasteiger partial charge >= 0.3 is 0 Å². The zero-order chi connectivity index (χ0) is 15.1. The predicted molar refractivity (Wildman–Crippen MR) is 84.9 cm³/mol. The highest BCUT2D eigenvalue weighted by molar-refractivity contribution is 6.40. The van der Waals surface area contributed by atoms with Gasteiger partial charge in [0.1, 0.15) is 5.82 Å². The molecule has 0 aliphatic rings. The van der Waals surface area contributed by atoms with E-state index in [4.69, 9.17) is 34.8 Å². The number of pyridine rings is 1. The zero-order valence-electron chi connectivity index (χ0n) is 10.8. The molecule has 0 unspecified atom stereocenters. The van der Waals surface area contributed by atoms with Gasteiger partial charge in [0, 0.05) is 11.2 Å². The Labute approximate surface area is 134 Å². The third-order valence-corrected chi connectivity index (χ3v) is 3.81. The number of hydrogen-bond donors (Lipinski definition) is 0. The molecule has 0 bridgehead atoms. The van der Waals surface area contributed by atoms with Crippen LogP contribution in [0.5, 0.6) is 0 Å². The molecule has 1 aromatic carbocycles. The Morgan fingerprint density at radius 1 is 1.14 bits per heavy atom. The molecule has 3 aromatic rings. The Balaban J connectivity index is 2.44. The standard InChI is InChI=1S/C14H8Cl3N3O/c1-7-19-13-9(3-2-4-18-13)14(21)20(7)12-10(16)5-8(15)6-11(12)17/h2-6H,1H3. The van der Waals surface area contributed by atoms with Crippen LogP contribution in [0.3, 0.4) is 0 Å². The van der Waals surface area contributed by atoms with Gasteiger partial charge in [0.05, 0.1) is 21.1 Å². The maximum Gasteiger partial charge on any atom is 0.267 e. The summed E-state index contributed by atoms with van der Waals surface area (Å²) >= 11 is 18.3. The maximum absolute atomic E-state index is 12.7. The first-order chi connectivity index (χ1) is 9.99. The largest absolute Gasteiger partial charge is 0.268 e. The predicted octanol–water partition coefficient (Wildman–Crippen LogP) is 4.05. The Hall–Kier alpha value is -1.62. The summed E-state index contributed by atoms with van der Waals surface area (Å²) in [6.07, 6.45) is 1.58. The molecule has 21 heavy (non-hydrogen) atoms. The highest BCUT2D eigenvalue weighted by Crippen LogP contribution is 2.32. The second-order valence-corrected chi connectivity index (χ2v) is 5.64. The van der Waals surface area contributed by atoms with Crippen LogP contribution in [-0.2, 0) is 0 Å². The number of hydrogen-bond acceptors (Lipinski definition) is 3. The molecule has 4 nitrogen and oxygen atoms in total. The van der Waals surface area contributed by atoms with Crippen molar-refractivity contribution in [3.63, 3.8) is 0 Å². The molecule has 2 aromatic heterocycles. The third kappa shape index (κ3) is 2.39. The summed E-state index contributed by atoms with van der Waals surface area (Å²) in [4.78, 5) is 21.1. The van der Waals surface area contributed by atoms with Gasteiger partial charge in [0.2, 0.25) is 0 Å². The number of aromatic nitrogens is 3. The second-order valence-electron chi connectivity index (χ2n) is 4.39. The van der Waals surface area contributed by atoms with E-state index in [1.54, 1.807) is 25.3 Å². The van der Waals surface area contributed by atoms with Crippen molar-refractivity contribution in [1.82, 2.24) is 14.5 Å².